The average molecular weight is 1110 g/mol. The number of hydrogen-bond donors (Lipinski definition) is 13. The molecule has 440 valence electrons. The zero-order chi connectivity index (χ0) is 55.7. The Morgan fingerprint density at radius 2 is 1.31 bits per heavy atom. The molecule has 6 aliphatic heterocycles. The Hall–Kier alpha value is -1.71. The molecule has 10 rings (SSSR count). The molecule has 0 aromatic rings. The first-order chi connectivity index (χ1) is 36.3. The van der Waals surface area contributed by atoms with Gasteiger partial charge in [-0.2, -0.15) is 0 Å². The fourth-order valence-corrected chi connectivity index (χ4v) is 15.7. The molecule has 10 aliphatic rings. The van der Waals surface area contributed by atoms with Crippen molar-refractivity contribution in [2.75, 3.05) is 19.8 Å². The van der Waals surface area contributed by atoms with Crippen molar-refractivity contribution in [1.29, 1.82) is 0 Å². The Morgan fingerprint density at radius 3 is 2.00 bits per heavy atom. The predicted molar refractivity (Wildman–Crippen MR) is 255 cm³/mol. The van der Waals surface area contributed by atoms with Crippen LogP contribution < -0.4 is 0 Å². The number of esters is 1. The smallest absolute Gasteiger partial charge is 0.303 e. The van der Waals surface area contributed by atoms with Crippen LogP contribution in [0.2, 0.25) is 0 Å². The van der Waals surface area contributed by atoms with E-state index in [2.05, 4.69) is 13.0 Å². The molecular formula is C52H82O25. The highest BCUT2D eigenvalue weighted by molar-refractivity contribution is 5.66. The first-order valence-electron chi connectivity index (χ1n) is 27.4. The van der Waals surface area contributed by atoms with Crippen LogP contribution >= 0.6 is 0 Å². The van der Waals surface area contributed by atoms with Crippen molar-refractivity contribution in [3.63, 3.8) is 0 Å². The minimum atomic E-state index is -1.89. The van der Waals surface area contributed by atoms with Crippen LogP contribution in [0.4, 0.5) is 0 Å². The second kappa shape index (κ2) is 21.8. The summed E-state index contributed by atoms with van der Waals surface area (Å²) in [6.07, 6.45) is -31.5. The van der Waals surface area contributed by atoms with E-state index < -0.39 is 201 Å². The van der Waals surface area contributed by atoms with Crippen LogP contribution in [0.25, 0.3) is 0 Å². The quantitative estimate of drug-likeness (QED) is 0.0736. The van der Waals surface area contributed by atoms with Gasteiger partial charge in [-0.05, 0) is 57.3 Å². The summed E-state index contributed by atoms with van der Waals surface area (Å²) in [4.78, 5) is 11.9. The molecule has 0 radical (unpaired) electrons. The van der Waals surface area contributed by atoms with Crippen molar-refractivity contribution in [3.8, 4) is 0 Å². The van der Waals surface area contributed by atoms with Crippen molar-refractivity contribution >= 4 is 5.97 Å². The highest BCUT2D eigenvalue weighted by Crippen LogP contribution is 2.71. The summed E-state index contributed by atoms with van der Waals surface area (Å²) in [5, 5.41) is 145. The number of carbonyl (C=O) groups excluding carboxylic acids is 1. The molecule has 0 aromatic heterocycles. The van der Waals surface area contributed by atoms with Crippen LogP contribution in [0, 0.1) is 46.3 Å². The van der Waals surface area contributed by atoms with Gasteiger partial charge in [0.2, 0.25) is 0 Å². The molecule has 1 spiro atoms. The van der Waals surface area contributed by atoms with Gasteiger partial charge >= 0.3 is 5.97 Å². The van der Waals surface area contributed by atoms with Gasteiger partial charge in [0.1, 0.15) is 79.4 Å². The predicted octanol–water partition coefficient (Wildman–Crippen LogP) is -3.84. The van der Waals surface area contributed by atoms with E-state index in [1.54, 1.807) is 6.92 Å². The van der Waals surface area contributed by atoms with Crippen LogP contribution in [0.3, 0.4) is 0 Å². The number of carbonyl (C=O) groups is 1. The van der Waals surface area contributed by atoms with Crippen molar-refractivity contribution in [2.45, 2.75) is 240 Å². The average Bonchev–Trinajstić information content (AvgIpc) is 3.85. The van der Waals surface area contributed by atoms with Crippen molar-refractivity contribution in [2.24, 2.45) is 46.3 Å². The maximum absolute atomic E-state index is 12.8. The zero-order valence-electron chi connectivity index (χ0n) is 44.3. The molecule has 77 heavy (non-hydrogen) atoms. The van der Waals surface area contributed by atoms with E-state index >= 15 is 0 Å². The maximum atomic E-state index is 12.8. The summed E-state index contributed by atoms with van der Waals surface area (Å²) in [6, 6.07) is 0. The SMILES string of the molecule is CC(=O)O[C@@H]1[C@@H](O)[C@@H](O)[C@H](O[C@H]2[C@H](O[C@@H]3C[C@H](O)CC4=CC[C@@H]5[C@H](C[C@@H](O)[C@]6(C)[C@@H]7[C@H](C[C@@H]56)O[C@@]5(OC[C@@H](C)[C@H](O[C@@H]6O[C@H](C)[C@@H](O)[C@H](O)[C@H]6O)[C@@H]5O)[C@H]7C)[C@]43C)O[C@H](CO)[C@@H](O)[C@@H]2O[C@@H]2OC[C@@H](O)[C@H](O)[C@H]2O)O[C@H]1C. The summed E-state index contributed by atoms with van der Waals surface area (Å²) < 4.78 is 68.2. The number of ether oxygens (including phenoxy) is 11. The number of rotatable bonds is 10. The number of fused-ring (bicyclic) bond motifs is 7. The van der Waals surface area contributed by atoms with E-state index in [9.17, 15) is 71.2 Å². The first-order valence-corrected chi connectivity index (χ1v) is 27.4. The molecule has 0 aromatic carbocycles. The lowest BCUT2D eigenvalue weighted by Gasteiger charge is -2.62. The maximum Gasteiger partial charge on any atom is 0.303 e. The van der Waals surface area contributed by atoms with Gasteiger partial charge in [0, 0.05) is 41.9 Å². The van der Waals surface area contributed by atoms with Crippen LogP contribution in [0.15, 0.2) is 11.6 Å². The second-order valence-electron chi connectivity index (χ2n) is 24.3. The minimum absolute atomic E-state index is 0.0304. The molecule has 25 heteroatoms. The third-order valence-corrected chi connectivity index (χ3v) is 20.0. The second-order valence-corrected chi connectivity index (χ2v) is 24.3. The molecule has 0 bridgehead atoms. The summed E-state index contributed by atoms with van der Waals surface area (Å²) in [7, 11) is 0. The van der Waals surface area contributed by atoms with Crippen molar-refractivity contribution in [1.82, 2.24) is 0 Å². The molecule has 9 fully saturated rings. The molecule has 0 unspecified atom stereocenters. The Balaban J connectivity index is 0.929. The Kier molecular flexibility index (Phi) is 16.6. The third kappa shape index (κ3) is 9.58. The van der Waals surface area contributed by atoms with E-state index in [0.717, 1.165) is 12.5 Å². The highest BCUT2D eigenvalue weighted by Gasteiger charge is 2.74. The summed E-state index contributed by atoms with van der Waals surface area (Å²) in [5.74, 6) is -4.11. The lowest BCUT2D eigenvalue weighted by Crippen LogP contribution is -2.67. The van der Waals surface area contributed by atoms with Gasteiger partial charge in [0.15, 0.2) is 37.1 Å². The zero-order valence-corrected chi connectivity index (χ0v) is 44.3. The van der Waals surface area contributed by atoms with Crippen molar-refractivity contribution in [3.05, 3.63) is 11.6 Å². The van der Waals surface area contributed by atoms with Gasteiger partial charge in [-0.15, -0.1) is 0 Å². The normalized spacial score (nSPS) is 57.6. The summed E-state index contributed by atoms with van der Waals surface area (Å²) >= 11 is 0. The standard InChI is InChI=1S/C52H82O25/c1-17-15-68-52(45(66)41(17)74-47-39(64)36(61)33(58)19(3)69-47)18(2)32-28(77-52)12-25-24-9-8-22-10-23(55)11-31(50(22,6)26(24)13-30(57)51(25,32)7)73-49-44(76-48-40(65)37(62)42(20(4)70-48)71-21(5)54)43(35(60)29(14-53)72-49)75-46-38(63)34(59)27(56)16-67-46/h8,17-20,23-49,53,55-66H,9-16H2,1-7H3/t17-,18+,19-,20+,23-,24+,25+,26+,27-,28+,29-,30-,31-,32+,33-,34+,35-,36+,37+,38-,39-,40-,41+,42+,43+,44-,45+,46+,47+,48+,49+,50+,51-,52+/m1/s1. The Bertz CT molecular complexity index is 2120. The lowest BCUT2D eigenvalue weighted by molar-refractivity contribution is -0.393. The fraction of sp³-hybridized carbons (Fsp3) is 0.942. The number of allylic oxidation sites excluding steroid dienone is 1. The van der Waals surface area contributed by atoms with Gasteiger partial charge in [-0.3, -0.25) is 4.79 Å². The number of hydrogen-bond acceptors (Lipinski definition) is 25. The van der Waals surface area contributed by atoms with Gasteiger partial charge in [-0.25, -0.2) is 0 Å². The molecule has 3 saturated carbocycles. The van der Waals surface area contributed by atoms with E-state index in [1.165, 1.54) is 6.92 Å². The summed E-state index contributed by atoms with van der Waals surface area (Å²) in [5.41, 5.74) is -0.852. The van der Waals surface area contributed by atoms with Gasteiger partial charge in [0.05, 0.1) is 62.5 Å². The minimum Gasteiger partial charge on any atom is -0.457 e. The van der Waals surface area contributed by atoms with Crippen molar-refractivity contribution < 1.29 is 123 Å². The molecule has 6 saturated heterocycles. The Labute approximate surface area is 445 Å². The molecular weight excluding hydrogens is 1020 g/mol. The third-order valence-electron chi connectivity index (χ3n) is 20.0. The van der Waals surface area contributed by atoms with E-state index in [1.807, 2.05) is 20.8 Å². The van der Waals surface area contributed by atoms with Crippen LogP contribution in [-0.4, -0.2) is 251 Å². The molecule has 4 aliphatic carbocycles. The lowest BCUT2D eigenvalue weighted by atomic mass is 9.45. The van der Waals surface area contributed by atoms with E-state index in [0.29, 0.717) is 12.8 Å². The fourth-order valence-electron chi connectivity index (χ4n) is 15.7. The van der Waals surface area contributed by atoms with Gasteiger partial charge in [0.25, 0.3) is 0 Å². The highest BCUT2D eigenvalue weighted by atomic mass is 16.8. The number of aliphatic hydroxyl groups excluding tert-OH is 13. The number of aliphatic hydroxyl groups is 13. The van der Waals surface area contributed by atoms with E-state index in [-0.39, 0.29) is 49.5 Å². The van der Waals surface area contributed by atoms with Crippen LogP contribution in [-0.2, 0) is 56.9 Å². The molecule has 25 nitrogen and oxygen atoms in total. The Morgan fingerprint density at radius 1 is 0.662 bits per heavy atom. The van der Waals surface area contributed by atoms with Gasteiger partial charge < -0.3 is 118 Å². The summed E-state index contributed by atoms with van der Waals surface area (Å²) in [6.45, 7) is 10.8. The van der Waals surface area contributed by atoms with Gasteiger partial charge in [-0.1, -0.05) is 39.3 Å². The molecule has 13 N–H and O–H groups in total. The van der Waals surface area contributed by atoms with Crippen LogP contribution in [0.5, 0.6) is 0 Å². The first kappa shape index (κ1) is 58.5. The van der Waals surface area contributed by atoms with E-state index in [4.69, 9.17) is 52.1 Å². The largest absolute Gasteiger partial charge is 0.457 e. The topological polar surface area (TPSA) is 382 Å². The molecule has 34 atom stereocenters. The molecule has 0 amide bonds. The van der Waals surface area contributed by atoms with Crippen LogP contribution in [0.1, 0.15) is 80.6 Å². The monoisotopic (exact) mass is 1110 g/mol. The molecule has 6 heterocycles.